The Morgan fingerprint density at radius 1 is 1.06 bits per heavy atom. The number of fused-ring (bicyclic) bond motifs is 1. The lowest BCUT2D eigenvalue weighted by Gasteiger charge is -2.29. The van der Waals surface area contributed by atoms with E-state index in [2.05, 4.69) is 4.98 Å². The van der Waals surface area contributed by atoms with E-state index in [0.717, 1.165) is 16.2 Å². The highest BCUT2D eigenvalue weighted by Gasteiger charge is 2.38. The fourth-order valence-corrected chi connectivity index (χ4v) is 4.74. The zero-order valence-electron chi connectivity index (χ0n) is 18.9. The third-order valence-electron chi connectivity index (χ3n) is 5.64. The molecule has 0 atom stereocenters. The average molecular weight is 533 g/mol. The van der Waals surface area contributed by atoms with Gasteiger partial charge in [-0.25, -0.2) is 4.98 Å². The molecule has 13 heteroatoms. The van der Waals surface area contributed by atoms with Crippen molar-refractivity contribution in [3.8, 4) is 5.75 Å². The van der Waals surface area contributed by atoms with Crippen LogP contribution in [0.4, 0.5) is 31.5 Å². The van der Waals surface area contributed by atoms with E-state index in [1.165, 1.54) is 7.11 Å². The molecule has 0 radical (unpaired) electrons. The number of benzene rings is 2. The van der Waals surface area contributed by atoms with Gasteiger partial charge in [0.15, 0.2) is 5.13 Å². The molecule has 1 aliphatic rings. The second-order valence-corrected chi connectivity index (χ2v) is 9.04. The van der Waals surface area contributed by atoms with Gasteiger partial charge in [-0.2, -0.15) is 26.3 Å². The molecule has 0 saturated carbocycles. The number of morpholine rings is 1. The summed E-state index contributed by atoms with van der Waals surface area (Å²) in [4.78, 5) is 21.0. The molecule has 3 aromatic rings. The maximum atomic E-state index is 13.5. The highest BCUT2D eigenvalue weighted by Crippen LogP contribution is 2.37. The summed E-state index contributed by atoms with van der Waals surface area (Å²) in [7, 11) is 1.48. The summed E-state index contributed by atoms with van der Waals surface area (Å²) >= 11 is 1.09. The van der Waals surface area contributed by atoms with E-state index in [4.69, 9.17) is 9.47 Å². The van der Waals surface area contributed by atoms with Crippen LogP contribution < -0.4 is 9.64 Å². The first-order valence-electron chi connectivity index (χ1n) is 10.8. The number of halogens is 6. The Morgan fingerprint density at radius 3 is 2.28 bits per heavy atom. The number of alkyl halides is 6. The largest absolute Gasteiger partial charge is 0.497 e. The number of carbonyl (C=O) groups is 1. The molecular weight excluding hydrogens is 512 g/mol. The lowest BCUT2D eigenvalue weighted by Crippen LogP contribution is -2.43. The van der Waals surface area contributed by atoms with Gasteiger partial charge in [0.25, 0.3) is 5.91 Å². The van der Waals surface area contributed by atoms with Gasteiger partial charge in [0, 0.05) is 31.7 Å². The highest BCUT2D eigenvalue weighted by atomic mass is 32.1. The second kappa shape index (κ2) is 10.2. The van der Waals surface area contributed by atoms with E-state index in [-0.39, 0.29) is 17.7 Å². The molecule has 2 aromatic carbocycles. The van der Waals surface area contributed by atoms with Gasteiger partial charge in [0.1, 0.15) is 5.75 Å². The summed E-state index contributed by atoms with van der Waals surface area (Å²) in [5.41, 5.74) is -3.32. The summed E-state index contributed by atoms with van der Waals surface area (Å²) in [5.74, 6) is -0.470. The summed E-state index contributed by atoms with van der Waals surface area (Å²) in [5, 5.41) is 0.155. The Balaban J connectivity index is 1.75. The predicted molar refractivity (Wildman–Crippen MR) is 122 cm³/mol. The van der Waals surface area contributed by atoms with Crippen molar-refractivity contribution in [1.29, 1.82) is 0 Å². The van der Waals surface area contributed by atoms with E-state index in [0.29, 0.717) is 60.9 Å². The van der Waals surface area contributed by atoms with Crippen LogP contribution in [0.3, 0.4) is 0 Å². The molecule has 1 amide bonds. The van der Waals surface area contributed by atoms with Crippen molar-refractivity contribution in [3.63, 3.8) is 0 Å². The zero-order valence-corrected chi connectivity index (χ0v) is 19.8. The molecule has 4 rings (SSSR count). The number of ether oxygens (including phenoxy) is 2. The van der Waals surface area contributed by atoms with Crippen LogP contribution in [0, 0.1) is 0 Å². The summed E-state index contributed by atoms with van der Waals surface area (Å²) in [6, 6.07) is 5.89. The van der Waals surface area contributed by atoms with Crippen LogP contribution >= 0.6 is 11.3 Å². The molecule has 0 bridgehead atoms. The number of methoxy groups -OCH3 is 1. The maximum Gasteiger partial charge on any atom is 0.416 e. The monoisotopic (exact) mass is 533 g/mol. The Hall–Kier alpha value is -2.90. The van der Waals surface area contributed by atoms with Gasteiger partial charge in [-0.1, -0.05) is 11.3 Å². The van der Waals surface area contributed by atoms with Gasteiger partial charge in [0.2, 0.25) is 0 Å². The molecule has 194 valence electrons. The van der Waals surface area contributed by atoms with Crippen LogP contribution in [0.2, 0.25) is 0 Å². The van der Waals surface area contributed by atoms with Crippen molar-refractivity contribution in [2.75, 3.05) is 51.4 Å². The third-order valence-corrected chi connectivity index (χ3v) is 6.68. The van der Waals surface area contributed by atoms with E-state index in [9.17, 15) is 31.1 Å². The van der Waals surface area contributed by atoms with Crippen LogP contribution in [-0.2, 0) is 17.1 Å². The summed E-state index contributed by atoms with van der Waals surface area (Å²) < 4.78 is 91.5. The quantitative estimate of drug-likeness (QED) is 0.402. The summed E-state index contributed by atoms with van der Waals surface area (Å²) in [6.07, 6.45) is -10.1. The summed E-state index contributed by atoms with van der Waals surface area (Å²) in [6.45, 7) is 2.48. The predicted octanol–water partition coefficient (Wildman–Crippen LogP) is 5.32. The minimum absolute atomic E-state index is 0.00117. The third kappa shape index (κ3) is 5.90. The normalized spacial score (nSPS) is 15.3. The van der Waals surface area contributed by atoms with Crippen LogP contribution in [0.25, 0.3) is 10.2 Å². The molecule has 1 fully saturated rings. The highest BCUT2D eigenvalue weighted by molar-refractivity contribution is 7.22. The number of thiazole rings is 1. The average Bonchev–Trinajstić information content (AvgIpc) is 3.26. The first kappa shape index (κ1) is 26.2. The lowest BCUT2D eigenvalue weighted by molar-refractivity contribution is -0.143. The van der Waals surface area contributed by atoms with E-state index in [1.54, 1.807) is 18.2 Å². The van der Waals surface area contributed by atoms with Gasteiger partial charge in [-0.3, -0.25) is 14.6 Å². The maximum absolute atomic E-state index is 13.5. The van der Waals surface area contributed by atoms with Crippen molar-refractivity contribution < 1.29 is 40.6 Å². The van der Waals surface area contributed by atoms with Crippen molar-refractivity contribution in [3.05, 3.63) is 53.1 Å². The smallest absolute Gasteiger partial charge is 0.416 e. The number of anilines is 1. The molecule has 1 saturated heterocycles. The number of carbonyl (C=O) groups excluding carboxylic acids is 1. The SMILES string of the molecule is COc1ccc2nc(N(CCN3CCOCC3)C(=O)c3cc(C(F)(F)F)cc(C(F)(F)F)c3)sc2c1. The Morgan fingerprint density at radius 2 is 1.69 bits per heavy atom. The number of rotatable bonds is 6. The molecule has 0 aliphatic carbocycles. The fraction of sp³-hybridized carbons (Fsp3) is 0.391. The van der Waals surface area contributed by atoms with Gasteiger partial charge >= 0.3 is 12.4 Å². The van der Waals surface area contributed by atoms with Crippen LogP contribution in [0.1, 0.15) is 21.5 Å². The number of hydrogen-bond acceptors (Lipinski definition) is 6. The lowest BCUT2D eigenvalue weighted by atomic mass is 10.0. The van der Waals surface area contributed by atoms with E-state index in [1.807, 2.05) is 4.90 Å². The van der Waals surface area contributed by atoms with Crippen molar-refractivity contribution in [2.45, 2.75) is 12.4 Å². The Labute approximate surface area is 206 Å². The van der Waals surface area contributed by atoms with Gasteiger partial charge < -0.3 is 9.47 Å². The van der Waals surface area contributed by atoms with Gasteiger partial charge in [-0.15, -0.1) is 0 Å². The van der Waals surface area contributed by atoms with Crippen LogP contribution in [0.15, 0.2) is 36.4 Å². The van der Waals surface area contributed by atoms with Crippen LogP contribution in [-0.4, -0.2) is 62.3 Å². The first-order valence-corrected chi connectivity index (χ1v) is 11.6. The van der Waals surface area contributed by atoms with Gasteiger partial charge in [-0.05, 0) is 36.4 Å². The van der Waals surface area contributed by atoms with E-state index < -0.39 is 35.0 Å². The van der Waals surface area contributed by atoms with Gasteiger partial charge in [0.05, 0.1) is 41.7 Å². The second-order valence-electron chi connectivity index (χ2n) is 8.04. The molecule has 36 heavy (non-hydrogen) atoms. The molecule has 0 N–H and O–H groups in total. The molecular formula is C23H21F6N3O3S. The topological polar surface area (TPSA) is 54.9 Å². The van der Waals surface area contributed by atoms with Crippen LogP contribution in [0.5, 0.6) is 5.75 Å². The Kier molecular flexibility index (Phi) is 7.43. The van der Waals surface area contributed by atoms with Crippen molar-refractivity contribution >= 4 is 32.6 Å². The first-order chi connectivity index (χ1) is 17.0. The number of aromatic nitrogens is 1. The standard InChI is InChI=1S/C23H21F6N3O3S/c1-34-17-2-3-18-19(13-17)36-21(30-18)32(5-4-31-6-8-35-9-7-31)20(33)14-10-15(22(24,25)26)12-16(11-14)23(27,28)29/h2-3,10-13H,4-9H2,1H3. The molecule has 6 nitrogen and oxygen atoms in total. The number of nitrogens with zero attached hydrogens (tertiary/aromatic N) is 3. The van der Waals surface area contributed by atoms with Crippen molar-refractivity contribution in [1.82, 2.24) is 9.88 Å². The molecule has 1 aliphatic heterocycles. The number of hydrogen-bond donors (Lipinski definition) is 0. The van der Waals surface area contributed by atoms with E-state index >= 15 is 0 Å². The molecule has 0 unspecified atom stereocenters. The minimum Gasteiger partial charge on any atom is -0.497 e. The fourth-order valence-electron chi connectivity index (χ4n) is 3.72. The molecule has 2 heterocycles. The van der Waals surface area contributed by atoms with Crippen molar-refractivity contribution in [2.24, 2.45) is 0 Å². The zero-order chi connectivity index (χ0) is 26.1. The number of amides is 1. The molecule has 0 spiro atoms. The molecule has 1 aromatic heterocycles. The minimum atomic E-state index is -5.07. The Bertz CT molecular complexity index is 1210.